The fraction of sp³-hybridized carbons (Fsp3) is 0.462. The van der Waals surface area contributed by atoms with Crippen LogP contribution in [-0.2, 0) is 13.0 Å². The SMILES string of the molecule is CC(C)n1ncnc1COc1ccc(CCN)nc1. The van der Waals surface area contributed by atoms with Crippen molar-refractivity contribution in [2.45, 2.75) is 32.9 Å². The lowest BCUT2D eigenvalue weighted by Gasteiger charge is -2.10. The van der Waals surface area contributed by atoms with Gasteiger partial charge in [0.25, 0.3) is 0 Å². The van der Waals surface area contributed by atoms with Crippen LogP contribution in [0, 0.1) is 0 Å². The number of hydrogen-bond acceptors (Lipinski definition) is 5. The summed E-state index contributed by atoms with van der Waals surface area (Å²) < 4.78 is 7.50. The van der Waals surface area contributed by atoms with Gasteiger partial charge in [-0.25, -0.2) is 9.67 Å². The van der Waals surface area contributed by atoms with Crippen molar-refractivity contribution in [3.63, 3.8) is 0 Å². The van der Waals surface area contributed by atoms with Crippen LogP contribution in [0.4, 0.5) is 0 Å². The highest BCUT2D eigenvalue weighted by Gasteiger charge is 2.08. The molecule has 0 fully saturated rings. The van der Waals surface area contributed by atoms with Crippen LogP contribution in [0.2, 0.25) is 0 Å². The van der Waals surface area contributed by atoms with Crippen LogP contribution in [-0.4, -0.2) is 26.3 Å². The molecule has 0 aliphatic rings. The van der Waals surface area contributed by atoms with Gasteiger partial charge >= 0.3 is 0 Å². The third kappa shape index (κ3) is 3.51. The Morgan fingerprint density at radius 2 is 2.16 bits per heavy atom. The van der Waals surface area contributed by atoms with Gasteiger partial charge in [-0.3, -0.25) is 4.98 Å². The summed E-state index contributed by atoms with van der Waals surface area (Å²) in [7, 11) is 0. The Balaban J connectivity index is 1.96. The number of nitrogens with two attached hydrogens (primary N) is 1. The van der Waals surface area contributed by atoms with Gasteiger partial charge in [0.15, 0.2) is 5.82 Å². The summed E-state index contributed by atoms with van der Waals surface area (Å²) >= 11 is 0. The third-order valence-electron chi connectivity index (χ3n) is 2.70. The fourth-order valence-corrected chi connectivity index (χ4v) is 1.75. The predicted molar refractivity (Wildman–Crippen MR) is 71.7 cm³/mol. The average Bonchev–Trinajstić information content (AvgIpc) is 2.87. The number of aromatic nitrogens is 4. The van der Waals surface area contributed by atoms with E-state index in [-0.39, 0.29) is 6.04 Å². The van der Waals surface area contributed by atoms with Crippen molar-refractivity contribution in [2.75, 3.05) is 6.54 Å². The number of ether oxygens (including phenoxy) is 1. The summed E-state index contributed by atoms with van der Waals surface area (Å²) in [6.07, 6.45) is 4.03. The van der Waals surface area contributed by atoms with E-state index in [4.69, 9.17) is 10.5 Å². The predicted octanol–water partition coefficient (Wildman–Crippen LogP) is 1.33. The lowest BCUT2D eigenvalue weighted by Crippen LogP contribution is -2.11. The zero-order valence-corrected chi connectivity index (χ0v) is 11.3. The molecule has 102 valence electrons. The number of pyridine rings is 1. The van der Waals surface area contributed by atoms with Gasteiger partial charge in [-0.2, -0.15) is 5.10 Å². The van der Waals surface area contributed by atoms with E-state index in [2.05, 4.69) is 28.9 Å². The summed E-state index contributed by atoms with van der Waals surface area (Å²) in [5, 5.41) is 4.16. The van der Waals surface area contributed by atoms with Gasteiger partial charge < -0.3 is 10.5 Å². The largest absolute Gasteiger partial charge is 0.484 e. The van der Waals surface area contributed by atoms with E-state index in [9.17, 15) is 0 Å². The second kappa shape index (κ2) is 6.29. The Hall–Kier alpha value is -1.95. The van der Waals surface area contributed by atoms with E-state index in [1.807, 2.05) is 16.8 Å². The molecule has 0 saturated carbocycles. The molecule has 0 radical (unpaired) electrons. The topological polar surface area (TPSA) is 78.8 Å². The molecule has 0 aliphatic carbocycles. The molecular formula is C13H19N5O. The molecular weight excluding hydrogens is 242 g/mol. The highest BCUT2D eigenvalue weighted by atomic mass is 16.5. The van der Waals surface area contributed by atoms with Gasteiger partial charge in [-0.15, -0.1) is 0 Å². The van der Waals surface area contributed by atoms with Crippen LogP contribution in [0.5, 0.6) is 5.75 Å². The standard InChI is InChI=1S/C13H19N5O/c1-10(2)18-13(16-9-17-18)8-19-12-4-3-11(5-6-14)15-7-12/h3-4,7,9-10H,5-6,8,14H2,1-2H3. The second-order valence-electron chi connectivity index (χ2n) is 4.53. The monoisotopic (exact) mass is 261 g/mol. The van der Waals surface area contributed by atoms with Crippen LogP contribution in [0.3, 0.4) is 0 Å². The van der Waals surface area contributed by atoms with Gasteiger partial charge in [0.2, 0.25) is 0 Å². The van der Waals surface area contributed by atoms with Crippen molar-refractivity contribution < 1.29 is 4.74 Å². The Kier molecular flexibility index (Phi) is 4.46. The minimum Gasteiger partial charge on any atom is -0.484 e. The first-order valence-corrected chi connectivity index (χ1v) is 6.37. The molecule has 0 unspecified atom stereocenters. The van der Waals surface area contributed by atoms with E-state index in [0.29, 0.717) is 13.2 Å². The van der Waals surface area contributed by atoms with E-state index < -0.39 is 0 Å². The lowest BCUT2D eigenvalue weighted by atomic mass is 10.3. The molecule has 19 heavy (non-hydrogen) atoms. The molecule has 2 rings (SSSR count). The Labute approximate surface area is 112 Å². The van der Waals surface area contributed by atoms with Crippen molar-refractivity contribution in [3.05, 3.63) is 36.2 Å². The highest BCUT2D eigenvalue weighted by Crippen LogP contribution is 2.12. The van der Waals surface area contributed by atoms with Gasteiger partial charge in [-0.05, 0) is 32.5 Å². The smallest absolute Gasteiger partial charge is 0.165 e. The van der Waals surface area contributed by atoms with Crippen LogP contribution >= 0.6 is 0 Å². The van der Waals surface area contributed by atoms with Crippen LogP contribution in [0.25, 0.3) is 0 Å². The van der Waals surface area contributed by atoms with Crippen molar-refractivity contribution in [3.8, 4) is 5.75 Å². The summed E-state index contributed by atoms with van der Waals surface area (Å²) in [6.45, 7) is 5.10. The Bertz CT molecular complexity index is 506. The molecule has 0 atom stereocenters. The lowest BCUT2D eigenvalue weighted by molar-refractivity contribution is 0.281. The van der Waals surface area contributed by atoms with Gasteiger partial charge in [0.1, 0.15) is 18.7 Å². The van der Waals surface area contributed by atoms with Crippen LogP contribution < -0.4 is 10.5 Å². The first-order chi connectivity index (χ1) is 9.20. The maximum atomic E-state index is 5.66. The molecule has 0 saturated heterocycles. The van der Waals surface area contributed by atoms with E-state index in [1.165, 1.54) is 0 Å². The minimum absolute atomic E-state index is 0.270. The van der Waals surface area contributed by atoms with Gasteiger partial charge in [-0.1, -0.05) is 0 Å². The van der Waals surface area contributed by atoms with Crippen LogP contribution in [0.15, 0.2) is 24.7 Å². The van der Waals surface area contributed by atoms with Gasteiger partial charge in [0, 0.05) is 18.2 Å². The molecule has 0 aliphatic heterocycles. The quantitative estimate of drug-likeness (QED) is 0.848. The molecule has 0 aromatic carbocycles. The van der Waals surface area contributed by atoms with Crippen molar-refractivity contribution in [1.82, 2.24) is 19.7 Å². The first-order valence-electron chi connectivity index (χ1n) is 6.37. The average molecular weight is 261 g/mol. The molecule has 2 N–H and O–H groups in total. The first kappa shape index (κ1) is 13.5. The highest BCUT2D eigenvalue weighted by molar-refractivity contribution is 5.20. The molecule has 2 heterocycles. The zero-order chi connectivity index (χ0) is 13.7. The summed E-state index contributed by atoms with van der Waals surface area (Å²) in [6, 6.07) is 4.09. The molecule has 6 heteroatoms. The Morgan fingerprint density at radius 3 is 2.79 bits per heavy atom. The van der Waals surface area contributed by atoms with Crippen molar-refractivity contribution in [2.24, 2.45) is 5.73 Å². The summed E-state index contributed by atoms with van der Waals surface area (Å²) in [5.74, 6) is 1.53. The summed E-state index contributed by atoms with van der Waals surface area (Å²) in [5.41, 5.74) is 6.45. The maximum Gasteiger partial charge on any atom is 0.165 e. The fourth-order valence-electron chi connectivity index (χ4n) is 1.75. The summed E-state index contributed by atoms with van der Waals surface area (Å²) in [4.78, 5) is 8.47. The van der Waals surface area contributed by atoms with Crippen molar-refractivity contribution in [1.29, 1.82) is 0 Å². The molecule has 0 spiro atoms. The van der Waals surface area contributed by atoms with Crippen molar-refractivity contribution >= 4 is 0 Å². The normalized spacial score (nSPS) is 10.9. The number of rotatable bonds is 6. The van der Waals surface area contributed by atoms with E-state index in [0.717, 1.165) is 23.7 Å². The minimum atomic E-state index is 0.270. The Morgan fingerprint density at radius 1 is 1.32 bits per heavy atom. The molecule has 2 aromatic rings. The molecule has 0 bridgehead atoms. The maximum absolute atomic E-state index is 5.66. The van der Waals surface area contributed by atoms with Gasteiger partial charge in [0.05, 0.1) is 6.20 Å². The molecule has 0 amide bonds. The molecule has 2 aromatic heterocycles. The number of hydrogen-bond donors (Lipinski definition) is 1. The van der Waals surface area contributed by atoms with E-state index in [1.54, 1.807) is 12.5 Å². The third-order valence-corrected chi connectivity index (χ3v) is 2.70. The second-order valence-corrected chi connectivity index (χ2v) is 4.53. The number of nitrogens with zero attached hydrogens (tertiary/aromatic N) is 4. The van der Waals surface area contributed by atoms with Crippen LogP contribution in [0.1, 0.15) is 31.4 Å². The zero-order valence-electron chi connectivity index (χ0n) is 11.3. The van der Waals surface area contributed by atoms with E-state index >= 15 is 0 Å². The molecule has 6 nitrogen and oxygen atoms in total.